The number of benzene rings is 3. The quantitative estimate of drug-likeness (QED) is 0.388. The minimum absolute atomic E-state index is 0.175. The largest absolute Gasteiger partial charge is 0.322 e. The Bertz CT molecular complexity index is 1510. The maximum absolute atomic E-state index is 12.7. The first-order valence-corrected chi connectivity index (χ1v) is 11.9. The molecular weight excluding hydrogens is 452 g/mol. The number of hydrogen-bond donors (Lipinski definition) is 3. The summed E-state index contributed by atoms with van der Waals surface area (Å²) in [5.74, 6) is -0.352. The van der Waals surface area contributed by atoms with E-state index in [1.807, 2.05) is 19.9 Å². The number of aromatic nitrogens is 2. The Balaban J connectivity index is 1.46. The number of hydrogen-bond acceptors (Lipinski definition) is 5. The summed E-state index contributed by atoms with van der Waals surface area (Å²) in [5.41, 5.74) is 4.15. The first-order chi connectivity index (χ1) is 16.2. The van der Waals surface area contributed by atoms with Crippen LogP contribution in [0.5, 0.6) is 0 Å². The van der Waals surface area contributed by atoms with Gasteiger partial charge in [0.15, 0.2) is 0 Å². The summed E-state index contributed by atoms with van der Waals surface area (Å²) in [6.45, 7) is 3.77. The third-order valence-electron chi connectivity index (χ3n) is 5.28. The predicted octanol–water partition coefficient (Wildman–Crippen LogP) is 4.11. The van der Waals surface area contributed by atoms with E-state index >= 15 is 0 Å². The Morgan fingerprint density at radius 1 is 0.853 bits per heavy atom. The molecule has 3 N–H and O–H groups in total. The van der Waals surface area contributed by atoms with Crippen molar-refractivity contribution in [2.45, 2.75) is 18.7 Å². The summed E-state index contributed by atoms with van der Waals surface area (Å²) >= 11 is 0. The van der Waals surface area contributed by atoms with E-state index in [-0.39, 0.29) is 16.4 Å². The second-order valence-electron chi connectivity index (χ2n) is 7.77. The molecule has 0 spiro atoms. The molecule has 8 nitrogen and oxygen atoms in total. The van der Waals surface area contributed by atoms with Gasteiger partial charge >= 0.3 is 0 Å². The highest BCUT2D eigenvalue weighted by Gasteiger charge is 2.15. The van der Waals surface area contributed by atoms with Crippen LogP contribution in [0.4, 0.5) is 11.4 Å². The molecule has 172 valence electrons. The Morgan fingerprint density at radius 2 is 1.62 bits per heavy atom. The van der Waals surface area contributed by atoms with Crippen molar-refractivity contribution < 1.29 is 13.2 Å². The summed E-state index contributed by atoms with van der Waals surface area (Å²) in [6, 6.07) is 21.1. The fourth-order valence-electron chi connectivity index (χ4n) is 3.25. The number of anilines is 2. The average Bonchev–Trinajstić information content (AvgIpc) is 2.81. The smallest absolute Gasteiger partial charge is 0.264 e. The molecule has 0 aliphatic carbocycles. The van der Waals surface area contributed by atoms with Crippen molar-refractivity contribution in [3.05, 3.63) is 106 Å². The van der Waals surface area contributed by atoms with Crippen LogP contribution < -0.4 is 15.6 Å². The molecule has 4 rings (SSSR count). The van der Waals surface area contributed by atoms with E-state index in [9.17, 15) is 18.0 Å². The maximum Gasteiger partial charge on any atom is 0.264 e. The van der Waals surface area contributed by atoms with Crippen molar-refractivity contribution in [3.8, 4) is 11.3 Å². The SMILES string of the molecule is Cc1ccc(S(=O)(=O)Nc2ccc(C(=O)Nc3cccc(-c4ccc(=O)[nH]n4)c3)cc2)cc1C. The number of amides is 1. The molecule has 0 fully saturated rings. The Morgan fingerprint density at radius 3 is 2.29 bits per heavy atom. The van der Waals surface area contributed by atoms with Crippen molar-refractivity contribution in [2.24, 2.45) is 0 Å². The molecule has 1 heterocycles. The fourth-order valence-corrected chi connectivity index (χ4v) is 4.39. The van der Waals surface area contributed by atoms with Crippen LogP contribution in [0.15, 0.2) is 88.6 Å². The highest BCUT2D eigenvalue weighted by molar-refractivity contribution is 7.92. The number of aryl methyl sites for hydroxylation is 2. The molecule has 0 atom stereocenters. The van der Waals surface area contributed by atoms with Gasteiger partial charge in [-0.2, -0.15) is 5.10 Å². The van der Waals surface area contributed by atoms with Crippen LogP contribution in [0.1, 0.15) is 21.5 Å². The molecular formula is C25H22N4O4S. The van der Waals surface area contributed by atoms with E-state index in [4.69, 9.17) is 0 Å². The van der Waals surface area contributed by atoms with Crippen LogP contribution in [-0.4, -0.2) is 24.5 Å². The van der Waals surface area contributed by atoms with Gasteiger partial charge < -0.3 is 5.32 Å². The molecule has 4 aromatic rings. The Labute approximate surface area is 196 Å². The number of nitrogens with one attached hydrogen (secondary N) is 3. The molecule has 0 saturated heterocycles. The summed E-state index contributed by atoms with van der Waals surface area (Å²) in [7, 11) is -3.75. The molecule has 3 aromatic carbocycles. The first-order valence-electron chi connectivity index (χ1n) is 10.4. The standard InChI is InChI=1S/C25H22N4O4S/c1-16-6-11-22(14-17(16)2)34(32,33)29-20-9-7-18(8-10-20)25(31)26-21-5-3-4-19(15-21)23-12-13-24(30)28-27-23/h3-15,29H,1-2H3,(H,26,31)(H,28,30). The van der Waals surface area contributed by atoms with E-state index in [1.165, 1.54) is 18.2 Å². The van der Waals surface area contributed by atoms with E-state index in [0.717, 1.165) is 16.7 Å². The van der Waals surface area contributed by atoms with Gasteiger partial charge in [-0.15, -0.1) is 0 Å². The lowest BCUT2D eigenvalue weighted by Gasteiger charge is -2.11. The second-order valence-corrected chi connectivity index (χ2v) is 9.45. The Hall–Kier alpha value is -4.24. The molecule has 0 unspecified atom stereocenters. The van der Waals surface area contributed by atoms with Gasteiger partial charge in [0.2, 0.25) is 0 Å². The molecule has 0 aliphatic heterocycles. The van der Waals surface area contributed by atoms with E-state index in [2.05, 4.69) is 20.2 Å². The third-order valence-corrected chi connectivity index (χ3v) is 6.66. The summed E-state index contributed by atoms with van der Waals surface area (Å²) < 4.78 is 27.9. The van der Waals surface area contributed by atoms with Gasteiger partial charge in [0.25, 0.3) is 21.5 Å². The monoisotopic (exact) mass is 474 g/mol. The number of H-pyrrole nitrogens is 1. The fraction of sp³-hybridized carbons (Fsp3) is 0.0800. The van der Waals surface area contributed by atoms with Crippen molar-refractivity contribution in [3.63, 3.8) is 0 Å². The zero-order valence-electron chi connectivity index (χ0n) is 18.5. The molecule has 34 heavy (non-hydrogen) atoms. The number of carbonyl (C=O) groups excluding carboxylic acids is 1. The molecule has 1 aromatic heterocycles. The van der Waals surface area contributed by atoms with Crippen LogP contribution >= 0.6 is 0 Å². The number of aromatic amines is 1. The van der Waals surface area contributed by atoms with Gasteiger partial charge in [-0.1, -0.05) is 18.2 Å². The lowest BCUT2D eigenvalue weighted by atomic mass is 10.1. The van der Waals surface area contributed by atoms with Crippen LogP contribution in [-0.2, 0) is 10.0 Å². The Kier molecular flexibility index (Phi) is 6.29. The van der Waals surface area contributed by atoms with Crippen LogP contribution in [0.2, 0.25) is 0 Å². The number of rotatable bonds is 6. The number of sulfonamides is 1. The predicted molar refractivity (Wildman–Crippen MR) is 131 cm³/mol. The summed E-state index contributed by atoms with van der Waals surface area (Å²) in [6.07, 6.45) is 0. The van der Waals surface area contributed by atoms with Crippen molar-refractivity contribution in [1.82, 2.24) is 10.2 Å². The maximum atomic E-state index is 12.7. The van der Waals surface area contributed by atoms with Gasteiger partial charge in [0.05, 0.1) is 10.6 Å². The van der Waals surface area contributed by atoms with E-state index < -0.39 is 10.0 Å². The van der Waals surface area contributed by atoms with Gasteiger partial charge in [-0.25, -0.2) is 13.5 Å². The zero-order chi connectivity index (χ0) is 24.3. The van der Waals surface area contributed by atoms with Crippen LogP contribution in [0.25, 0.3) is 11.3 Å². The highest BCUT2D eigenvalue weighted by Crippen LogP contribution is 2.22. The second kappa shape index (κ2) is 9.32. The molecule has 9 heteroatoms. The summed E-state index contributed by atoms with van der Waals surface area (Å²) in [5, 5.41) is 9.18. The van der Waals surface area contributed by atoms with Gasteiger partial charge in [0, 0.05) is 28.6 Å². The topological polar surface area (TPSA) is 121 Å². The highest BCUT2D eigenvalue weighted by atomic mass is 32.2. The lowest BCUT2D eigenvalue weighted by Crippen LogP contribution is -2.14. The normalized spacial score (nSPS) is 11.1. The van der Waals surface area contributed by atoms with Gasteiger partial charge in [-0.3, -0.25) is 14.3 Å². The van der Waals surface area contributed by atoms with Crippen molar-refractivity contribution >= 4 is 27.3 Å². The van der Waals surface area contributed by atoms with Crippen LogP contribution in [0.3, 0.4) is 0 Å². The lowest BCUT2D eigenvalue weighted by molar-refractivity contribution is 0.102. The number of nitrogens with zero attached hydrogens (tertiary/aromatic N) is 1. The molecule has 0 radical (unpaired) electrons. The molecule has 0 saturated carbocycles. The van der Waals surface area contributed by atoms with Crippen molar-refractivity contribution in [2.75, 3.05) is 10.0 Å². The number of carbonyl (C=O) groups is 1. The zero-order valence-corrected chi connectivity index (χ0v) is 19.3. The third kappa shape index (κ3) is 5.21. The summed E-state index contributed by atoms with van der Waals surface area (Å²) in [4.78, 5) is 24.1. The van der Waals surface area contributed by atoms with E-state index in [0.29, 0.717) is 22.6 Å². The molecule has 0 bridgehead atoms. The minimum Gasteiger partial charge on any atom is -0.322 e. The van der Waals surface area contributed by atoms with Crippen LogP contribution in [0, 0.1) is 13.8 Å². The van der Waals surface area contributed by atoms with Crippen molar-refractivity contribution in [1.29, 1.82) is 0 Å². The van der Waals surface area contributed by atoms with Gasteiger partial charge in [0.1, 0.15) is 0 Å². The van der Waals surface area contributed by atoms with Gasteiger partial charge in [-0.05, 0) is 79.6 Å². The molecule has 1 amide bonds. The first kappa shape index (κ1) is 22.9. The average molecular weight is 475 g/mol. The molecule has 0 aliphatic rings. The van der Waals surface area contributed by atoms with E-state index in [1.54, 1.807) is 54.6 Å². The minimum atomic E-state index is -3.75.